The monoisotopic (exact) mass is 690 g/mol. The topological polar surface area (TPSA) is 84.5 Å². The van der Waals surface area contributed by atoms with Crippen LogP contribution in [0.3, 0.4) is 0 Å². The summed E-state index contributed by atoms with van der Waals surface area (Å²) >= 11 is 0. The highest BCUT2D eigenvalue weighted by Gasteiger charge is 2.48. The van der Waals surface area contributed by atoms with Gasteiger partial charge in [-0.1, -0.05) is 0 Å². The third kappa shape index (κ3) is 5.17. The van der Waals surface area contributed by atoms with Gasteiger partial charge in [0.05, 0.1) is 23.3 Å². The Morgan fingerprint density at radius 1 is 0.640 bits per heavy atom. The molecule has 0 aliphatic heterocycles. The summed E-state index contributed by atoms with van der Waals surface area (Å²) in [6, 6.07) is 5.33. The van der Waals surface area contributed by atoms with Gasteiger partial charge in [-0.2, -0.15) is 51.8 Å². The fraction of sp³-hybridized carbons (Fsp3) is 0.118. The first kappa shape index (κ1) is 34.5. The van der Waals surface area contributed by atoms with Gasteiger partial charge in [-0.15, -0.1) is 0 Å². The molecule has 244 valence electrons. The molecule has 0 atom stereocenters. The Labute approximate surface area is 273 Å². The minimum Gasteiger partial charge on any atom is -0.232 e. The van der Waals surface area contributed by atoms with Crippen LogP contribution in [0.25, 0.3) is 25.7 Å². The SMILES string of the molecule is [C-]#[N+]C([N+]#[C-])=C1Cc2c(C(F)(F)F)c3c(c(C(F)(F)F)c2=C1c1cc(F)c([N+]#[C-])c(F)c1)CC(=C(C#N)C#N)C=3c1cc(F)c(C#N)c(F)c1. The van der Waals surface area contributed by atoms with Crippen molar-refractivity contribution < 1.29 is 43.9 Å². The zero-order valence-electron chi connectivity index (χ0n) is 24.2. The van der Waals surface area contributed by atoms with E-state index in [1.54, 1.807) is 0 Å². The largest absolute Gasteiger partial charge is 0.523 e. The van der Waals surface area contributed by atoms with Crippen molar-refractivity contribution in [2.24, 2.45) is 0 Å². The third-order valence-corrected chi connectivity index (χ3v) is 7.95. The maximum Gasteiger partial charge on any atom is 0.523 e. The summed E-state index contributed by atoms with van der Waals surface area (Å²) in [6.07, 6.45) is -13.8. The molecule has 0 fully saturated rings. The van der Waals surface area contributed by atoms with Crippen LogP contribution in [-0.4, -0.2) is 0 Å². The molecule has 0 heterocycles. The fourth-order valence-electron chi connectivity index (χ4n) is 6.22. The van der Waals surface area contributed by atoms with Gasteiger partial charge >= 0.3 is 18.2 Å². The molecule has 3 aromatic carbocycles. The molecule has 0 radical (unpaired) electrons. The second kappa shape index (κ2) is 12.0. The van der Waals surface area contributed by atoms with Crippen LogP contribution in [0, 0.1) is 77.0 Å². The predicted octanol–water partition coefficient (Wildman–Crippen LogP) is 7.61. The third-order valence-electron chi connectivity index (χ3n) is 7.95. The summed E-state index contributed by atoms with van der Waals surface area (Å²) in [5, 5.41) is 25.7. The quantitative estimate of drug-likeness (QED) is 0.158. The maximum atomic E-state index is 15.3. The van der Waals surface area contributed by atoms with Crippen molar-refractivity contribution in [3.8, 4) is 18.2 Å². The van der Waals surface area contributed by atoms with Gasteiger partial charge in [0.2, 0.25) is 0 Å². The molecule has 0 aromatic heterocycles. The maximum absolute atomic E-state index is 15.3. The lowest BCUT2D eigenvalue weighted by Gasteiger charge is -2.19. The minimum absolute atomic E-state index is 0.350. The first-order chi connectivity index (χ1) is 23.5. The van der Waals surface area contributed by atoms with Crippen molar-refractivity contribution in [3.63, 3.8) is 0 Å². The van der Waals surface area contributed by atoms with E-state index in [1.165, 1.54) is 18.2 Å². The fourth-order valence-corrected chi connectivity index (χ4v) is 6.22. The summed E-state index contributed by atoms with van der Waals surface area (Å²) in [5.74, 6) is -7.55. The molecule has 0 spiro atoms. The zero-order valence-corrected chi connectivity index (χ0v) is 24.2. The highest BCUT2D eigenvalue weighted by molar-refractivity contribution is 5.91. The molecular formula is C34H8F10N6. The van der Waals surface area contributed by atoms with Crippen LogP contribution in [0.2, 0.25) is 0 Å². The second-order valence-electron chi connectivity index (χ2n) is 10.5. The lowest BCUT2D eigenvalue weighted by Crippen LogP contribution is -2.36. The van der Waals surface area contributed by atoms with Crippen LogP contribution in [0.1, 0.15) is 38.9 Å². The van der Waals surface area contributed by atoms with Crippen LogP contribution in [0.4, 0.5) is 49.6 Å². The van der Waals surface area contributed by atoms with Crippen molar-refractivity contribution in [2.75, 3.05) is 0 Å². The van der Waals surface area contributed by atoms with Gasteiger partial charge in [-0.25, -0.2) is 22.4 Å². The van der Waals surface area contributed by atoms with Gasteiger partial charge < -0.3 is 0 Å². The minimum atomic E-state index is -5.64. The van der Waals surface area contributed by atoms with E-state index in [2.05, 4.69) is 14.5 Å². The smallest absolute Gasteiger partial charge is 0.232 e. The van der Waals surface area contributed by atoms with E-state index in [-0.39, 0.29) is 0 Å². The Hall–Kier alpha value is -6.88. The molecule has 0 saturated carbocycles. The number of hydrogen-bond donors (Lipinski definition) is 0. The number of nitriles is 3. The van der Waals surface area contributed by atoms with Crippen molar-refractivity contribution >= 4 is 16.8 Å². The summed E-state index contributed by atoms with van der Waals surface area (Å²) in [7, 11) is 0. The Bertz CT molecular complexity index is 2310. The number of halogens is 10. The van der Waals surface area contributed by atoms with Gasteiger partial charge in [0.1, 0.15) is 65.8 Å². The summed E-state index contributed by atoms with van der Waals surface area (Å²) in [6.45, 7) is 21.8. The Morgan fingerprint density at radius 3 is 1.40 bits per heavy atom. The molecule has 0 bridgehead atoms. The van der Waals surface area contributed by atoms with E-state index < -0.39 is 137 Å². The molecule has 2 aliphatic carbocycles. The van der Waals surface area contributed by atoms with Crippen molar-refractivity contribution in [1.29, 1.82) is 15.8 Å². The van der Waals surface area contributed by atoms with Gasteiger partial charge in [0.25, 0.3) is 5.69 Å². The number of rotatable bonds is 2. The molecule has 0 amide bonds. The summed E-state index contributed by atoms with van der Waals surface area (Å²) in [5.41, 5.74) is -14.9. The molecule has 3 aromatic rings. The van der Waals surface area contributed by atoms with E-state index in [9.17, 15) is 28.1 Å². The average molecular weight is 690 g/mol. The van der Waals surface area contributed by atoms with E-state index in [0.29, 0.717) is 24.3 Å². The van der Waals surface area contributed by atoms with Crippen LogP contribution in [0.5, 0.6) is 0 Å². The molecule has 0 unspecified atom stereocenters. The molecule has 16 heteroatoms. The van der Waals surface area contributed by atoms with E-state index in [1.807, 2.05) is 0 Å². The summed E-state index contributed by atoms with van der Waals surface area (Å²) < 4.78 is 151. The van der Waals surface area contributed by atoms with E-state index in [4.69, 9.17) is 25.0 Å². The van der Waals surface area contributed by atoms with E-state index in [0.717, 1.165) is 0 Å². The number of allylic oxidation sites excluding steroid dienone is 3. The van der Waals surface area contributed by atoms with Crippen LogP contribution < -0.4 is 10.4 Å². The first-order valence-electron chi connectivity index (χ1n) is 13.4. The normalized spacial score (nSPS) is 13.4. The number of nitrogens with zero attached hydrogens (tertiary/aromatic N) is 6. The standard InChI is InChI=1S/C34H8F10N6/c1-48-31-23(37)6-14(7-24(31)38)26-19(32(49-2)50-3)9-18-28(26)29(33(39,40)41)17-8-16(15(10-45)11-46)25(27(17)30(18)34(42,43)44)13-4-21(35)20(12-47)22(36)5-13/h4-7H,8-9H2. The first-order valence-corrected chi connectivity index (χ1v) is 13.4. The van der Waals surface area contributed by atoms with E-state index >= 15 is 26.3 Å². The number of fused-ring (bicyclic) bond motifs is 2. The Balaban J connectivity index is 2.23. The van der Waals surface area contributed by atoms with Crippen molar-refractivity contribution in [1.82, 2.24) is 0 Å². The lowest BCUT2D eigenvalue weighted by molar-refractivity contribution is -0.143. The van der Waals surface area contributed by atoms with Crippen LogP contribution in [-0.2, 0) is 25.2 Å². The van der Waals surface area contributed by atoms with Crippen LogP contribution >= 0.6 is 0 Å². The summed E-state index contributed by atoms with van der Waals surface area (Å²) in [4.78, 5) is 8.45. The van der Waals surface area contributed by atoms with Gasteiger partial charge in [0, 0.05) is 6.42 Å². The average Bonchev–Trinajstić information content (AvgIpc) is 3.58. The number of hydrogen-bond acceptors (Lipinski definition) is 3. The molecular weight excluding hydrogens is 682 g/mol. The number of benzene rings is 3. The predicted molar refractivity (Wildman–Crippen MR) is 150 cm³/mol. The molecule has 6 nitrogen and oxygen atoms in total. The molecule has 50 heavy (non-hydrogen) atoms. The Morgan fingerprint density at radius 2 is 1.04 bits per heavy atom. The van der Waals surface area contributed by atoms with Crippen molar-refractivity contribution in [3.05, 3.63) is 154 Å². The van der Waals surface area contributed by atoms with Gasteiger partial charge in [0.15, 0.2) is 0 Å². The van der Waals surface area contributed by atoms with Crippen LogP contribution in [0.15, 0.2) is 46.8 Å². The molecule has 5 rings (SSSR count). The molecule has 2 aliphatic rings. The highest BCUT2D eigenvalue weighted by atomic mass is 19.4. The lowest BCUT2D eigenvalue weighted by atomic mass is 9.90. The second-order valence-corrected chi connectivity index (χ2v) is 10.5. The highest BCUT2D eigenvalue weighted by Crippen LogP contribution is 2.45. The van der Waals surface area contributed by atoms with Crippen molar-refractivity contribution in [2.45, 2.75) is 25.2 Å². The molecule has 0 N–H and O–H groups in total. The molecule has 0 saturated heterocycles. The Kier molecular flexibility index (Phi) is 8.25. The number of alkyl halides is 6. The zero-order chi connectivity index (χ0) is 37.0. The van der Waals surface area contributed by atoms with Gasteiger partial charge in [-0.3, -0.25) is 0 Å². The van der Waals surface area contributed by atoms with Gasteiger partial charge in [-0.05, 0) is 80.1 Å².